The first-order chi connectivity index (χ1) is 5.74. The van der Waals surface area contributed by atoms with Gasteiger partial charge in [-0.2, -0.15) is 0 Å². The largest absolute Gasteiger partial charge is 0.0775 e. The van der Waals surface area contributed by atoms with Gasteiger partial charge in [0.05, 0.1) is 0 Å². The molecule has 0 saturated heterocycles. The fourth-order valence-electron chi connectivity index (χ4n) is 2.07. The molecule has 0 N–H and O–H groups in total. The van der Waals surface area contributed by atoms with E-state index in [9.17, 15) is 0 Å². The molecular weight excluding hydrogens is 156 g/mol. The van der Waals surface area contributed by atoms with Gasteiger partial charge in [-0.1, -0.05) is 38.8 Å². The van der Waals surface area contributed by atoms with E-state index in [1.54, 1.807) is 5.57 Å². The highest BCUT2D eigenvalue weighted by molar-refractivity contribution is 5.08. The Labute approximate surface area is 84.4 Å². The molecule has 0 spiro atoms. The van der Waals surface area contributed by atoms with Crippen LogP contribution in [-0.2, 0) is 0 Å². The van der Waals surface area contributed by atoms with Crippen molar-refractivity contribution < 1.29 is 0 Å². The van der Waals surface area contributed by atoms with Gasteiger partial charge >= 0.3 is 0 Å². The summed E-state index contributed by atoms with van der Waals surface area (Å²) in [6.07, 6.45) is 2.56. The molecule has 78 valence electrons. The topological polar surface area (TPSA) is 0 Å². The van der Waals surface area contributed by atoms with Crippen LogP contribution in [0.5, 0.6) is 0 Å². The third-order valence-corrected chi connectivity index (χ3v) is 2.56. The first-order valence-corrected chi connectivity index (χ1v) is 5.37. The summed E-state index contributed by atoms with van der Waals surface area (Å²) in [4.78, 5) is 0. The Morgan fingerprint density at radius 3 is 1.85 bits per heavy atom. The highest BCUT2D eigenvalue weighted by atomic mass is 14.2. The summed E-state index contributed by atoms with van der Waals surface area (Å²) in [6.45, 7) is 16.0. The predicted molar refractivity (Wildman–Crippen MR) is 61.9 cm³/mol. The van der Waals surface area contributed by atoms with Crippen LogP contribution in [0.1, 0.15) is 61.3 Å². The zero-order chi connectivity index (χ0) is 10.6. The van der Waals surface area contributed by atoms with E-state index >= 15 is 0 Å². The van der Waals surface area contributed by atoms with Crippen molar-refractivity contribution >= 4 is 0 Å². The second-order valence-corrected chi connectivity index (χ2v) is 5.72. The van der Waals surface area contributed by atoms with Crippen LogP contribution >= 0.6 is 0 Å². The SMILES string of the molecule is CC(C)=C(C)CC(C)(C)CC(C)C. The van der Waals surface area contributed by atoms with Gasteiger partial charge in [0.25, 0.3) is 0 Å². The van der Waals surface area contributed by atoms with E-state index in [4.69, 9.17) is 0 Å². The van der Waals surface area contributed by atoms with Crippen molar-refractivity contribution in [2.45, 2.75) is 61.3 Å². The fourth-order valence-corrected chi connectivity index (χ4v) is 2.07. The molecule has 0 aromatic carbocycles. The van der Waals surface area contributed by atoms with Crippen molar-refractivity contribution in [2.75, 3.05) is 0 Å². The van der Waals surface area contributed by atoms with E-state index < -0.39 is 0 Å². The van der Waals surface area contributed by atoms with E-state index in [1.165, 1.54) is 18.4 Å². The molecule has 0 saturated carbocycles. The Kier molecular flexibility index (Phi) is 4.74. The second kappa shape index (κ2) is 4.83. The number of hydrogen-bond donors (Lipinski definition) is 0. The molecule has 0 amide bonds. The van der Waals surface area contributed by atoms with Crippen LogP contribution in [0.2, 0.25) is 0 Å². The summed E-state index contributed by atoms with van der Waals surface area (Å²) < 4.78 is 0. The van der Waals surface area contributed by atoms with Crippen LogP contribution < -0.4 is 0 Å². The Bertz CT molecular complexity index is 178. The standard InChI is InChI=1S/C13H26/c1-10(2)8-13(6,7)9-12(5)11(3)4/h10H,8-9H2,1-7H3. The maximum absolute atomic E-state index is 2.37. The maximum atomic E-state index is 2.37. The van der Waals surface area contributed by atoms with E-state index in [2.05, 4.69) is 48.5 Å². The number of hydrogen-bond acceptors (Lipinski definition) is 0. The predicted octanol–water partition coefficient (Wildman–Crippen LogP) is 4.81. The average molecular weight is 182 g/mol. The molecule has 0 aromatic heterocycles. The highest BCUT2D eigenvalue weighted by Crippen LogP contribution is 2.32. The van der Waals surface area contributed by atoms with Gasteiger partial charge in [0, 0.05) is 0 Å². The van der Waals surface area contributed by atoms with Crippen molar-refractivity contribution in [3.05, 3.63) is 11.1 Å². The van der Waals surface area contributed by atoms with Crippen molar-refractivity contribution in [3.63, 3.8) is 0 Å². The molecular formula is C13H26. The molecule has 13 heavy (non-hydrogen) atoms. The third-order valence-electron chi connectivity index (χ3n) is 2.56. The van der Waals surface area contributed by atoms with Gasteiger partial charge in [-0.05, 0) is 44.9 Å². The fraction of sp³-hybridized carbons (Fsp3) is 0.846. The minimum atomic E-state index is 0.468. The highest BCUT2D eigenvalue weighted by Gasteiger charge is 2.19. The lowest BCUT2D eigenvalue weighted by Gasteiger charge is -2.27. The second-order valence-electron chi connectivity index (χ2n) is 5.72. The summed E-state index contributed by atoms with van der Waals surface area (Å²) >= 11 is 0. The molecule has 0 radical (unpaired) electrons. The molecule has 0 unspecified atom stereocenters. The molecule has 0 aliphatic rings. The molecule has 0 aromatic rings. The molecule has 0 bridgehead atoms. The van der Waals surface area contributed by atoms with Crippen LogP contribution in [0.3, 0.4) is 0 Å². The molecule has 0 aliphatic carbocycles. The van der Waals surface area contributed by atoms with Crippen molar-refractivity contribution in [2.24, 2.45) is 11.3 Å². The Morgan fingerprint density at radius 2 is 1.54 bits per heavy atom. The first-order valence-electron chi connectivity index (χ1n) is 5.37. The Hall–Kier alpha value is -0.260. The van der Waals surface area contributed by atoms with Crippen LogP contribution in [0.4, 0.5) is 0 Å². The van der Waals surface area contributed by atoms with Crippen LogP contribution in [0.15, 0.2) is 11.1 Å². The van der Waals surface area contributed by atoms with Gasteiger partial charge < -0.3 is 0 Å². The zero-order valence-corrected chi connectivity index (χ0v) is 10.5. The molecule has 0 rings (SSSR count). The normalized spacial score (nSPS) is 12.0. The van der Waals surface area contributed by atoms with Crippen molar-refractivity contribution in [1.29, 1.82) is 0 Å². The van der Waals surface area contributed by atoms with Gasteiger partial charge in [0.15, 0.2) is 0 Å². The summed E-state index contributed by atoms with van der Waals surface area (Å²) in [6, 6.07) is 0. The molecule has 0 atom stereocenters. The van der Waals surface area contributed by atoms with Crippen LogP contribution in [0, 0.1) is 11.3 Å². The first kappa shape index (κ1) is 12.7. The van der Waals surface area contributed by atoms with Crippen LogP contribution in [0.25, 0.3) is 0 Å². The van der Waals surface area contributed by atoms with E-state index in [-0.39, 0.29) is 0 Å². The lowest BCUT2D eigenvalue weighted by Crippen LogP contribution is -2.15. The smallest absolute Gasteiger partial charge is 0.0269 e. The maximum Gasteiger partial charge on any atom is -0.0269 e. The molecule has 0 heterocycles. The van der Waals surface area contributed by atoms with Crippen molar-refractivity contribution in [1.82, 2.24) is 0 Å². The summed E-state index contributed by atoms with van der Waals surface area (Å²) in [7, 11) is 0. The summed E-state index contributed by atoms with van der Waals surface area (Å²) in [5.74, 6) is 0.806. The molecule has 0 heteroatoms. The Morgan fingerprint density at radius 1 is 1.08 bits per heavy atom. The van der Waals surface area contributed by atoms with Gasteiger partial charge in [0.2, 0.25) is 0 Å². The van der Waals surface area contributed by atoms with Gasteiger partial charge in [0.1, 0.15) is 0 Å². The molecule has 0 fully saturated rings. The average Bonchev–Trinajstić information content (AvgIpc) is 1.81. The minimum absolute atomic E-state index is 0.468. The molecule has 0 aliphatic heterocycles. The monoisotopic (exact) mass is 182 g/mol. The number of rotatable bonds is 4. The van der Waals surface area contributed by atoms with Gasteiger partial charge in [-0.25, -0.2) is 0 Å². The molecule has 0 nitrogen and oxygen atoms in total. The van der Waals surface area contributed by atoms with E-state index in [0.29, 0.717) is 5.41 Å². The lowest BCUT2D eigenvalue weighted by atomic mass is 9.78. The lowest BCUT2D eigenvalue weighted by molar-refractivity contribution is 0.284. The van der Waals surface area contributed by atoms with E-state index in [0.717, 1.165) is 5.92 Å². The van der Waals surface area contributed by atoms with Gasteiger partial charge in [-0.15, -0.1) is 0 Å². The van der Waals surface area contributed by atoms with Gasteiger partial charge in [-0.3, -0.25) is 0 Å². The third kappa shape index (κ3) is 5.90. The quantitative estimate of drug-likeness (QED) is 0.548. The Balaban J connectivity index is 4.25. The zero-order valence-electron chi connectivity index (χ0n) is 10.5. The summed E-state index contributed by atoms with van der Waals surface area (Å²) in [5.41, 5.74) is 3.51. The number of allylic oxidation sites excluding steroid dienone is 2. The minimum Gasteiger partial charge on any atom is -0.0775 e. The van der Waals surface area contributed by atoms with E-state index in [1.807, 2.05) is 0 Å². The summed E-state index contributed by atoms with van der Waals surface area (Å²) in [5, 5.41) is 0. The van der Waals surface area contributed by atoms with Crippen LogP contribution in [-0.4, -0.2) is 0 Å². The van der Waals surface area contributed by atoms with Crippen molar-refractivity contribution in [3.8, 4) is 0 Å².